The van der Waals surface area contributed by atoms with Gasteiger partial charge in [-0.05, 0) is 43.0 Å². The maximum absolute atomic E-state index is 13.0. The van der Waals surface area contributed by atoms with Crippen molar-refractivity contribution in [3.05, 3.63) is 65.7 Å². The Hall–Kier alpha value is -2.82. The first kappa shape index (κ1) is 18.0. The highest BCUT2D eigenvalue weighted by molar-refractivity contribution is 5.95. The summed E-state index contributed by atoms with van der Waals surface area (Å²) in [5.74, 6) is 0.450. The number of carbonyl (C=O) groups excluding carboxylic acids is 2. The van der Waals surface area contributed by atoms with E-state index in [2.05, 4.69) is 10.6 Å². The van der Waals surface area contributed by atoms with Gasteiger partial charge in [0.25, 0.3) is 0 Å². The Labute approximate surface area is 153 Å². The smallest absolute Gasteiger partial charge is 0.246 e. The third-order valence-corrected chi connectivity index (χ3v) is 4.82. The van der Waals surface area contributed by atoms with E-state index in [-0.39, 0.29) is 11.8 Å². The summed E-state index contributed by atoms with van der Waals surface area (Å²) in [5.41, 5.74) is 1.18. The van der Waals surface area contributed by atoms with Crippen LogP contribution in [-0.4, -0.2) is 25.5 Å². The third-order valence-electron chi connectivity index (χ3n) is 4.82. The number of carbonyl (C=O) groups is 2. The Morgan fingerprint density at radius 1 is 1.08 bits per heavy atom. The summed E-state index contributed by atoms with van der Waals surface area (Å²) in [6.07, 6.45) is 1.56. The molecule has 2 aromatic rings. The molecule has 2 amide bonds. The summed E-state index contributed by atoms with van der Waals surface area (Å²) in [6.45, 7) is 2.54. The molecule has 1 unspecified atom stereocenters. The standard InChI is InChI=1S/C21H24N2O3/c1-3-26-17-11-9-16(10-12-17)21(13-14-21)20(25)23-18(19(24)22-2)15-7-5-4-6-8-15/h4-12,18H,3,13-14H2,1-2H3,(H,22,24)(H,23,25). The van der Waals surface area contributed by atoms with E-state index in [4.69, 9.17) is 4.74 Å². The fourth-order valence-corrected chi connectivity index (χ4v) is 3.17. The first-order chi connectivity index (χ1) is 12.6. The molecule has 26 heavy (non-hydrogen) atoms. The summed E-state index contributed by atoms with van der Waals surface area (Å²) >= 11 is 0. The van der Waals surface area contributed by atoms with E-state index in [1.54, 1.807) is 7.05 Å². The van der Waals surface area contributed by atoms with Gasteiger partial charge in [-0.2, -0.15) is 0 Å². The third kappa shape index (κ3) is 3.57. The number of rotatable bonds is 7. The van der Waals surface area contributed by atoms with E-state index < -0.39 is 11.5 Å². The average Bonchev–Trinajstić information content (AvgIpc) is 3.49. The van der Waals surface area contributed by atoms with Gasteiger partial charge in [0.05, 0.1) is 12.0 Å². The van der Waals surface area contributed by atoms with Crippen molar-refractivity contribution in [1.29, 1.82) is 0 Å². The summed E-state index contributed by atoms with van der Waals surface area (Å²) < 4.78 is 5.47. The maximum atomic E-state index is 13.0. The second kappa shape index (κ2) is 7.60. The molecule has 1 atom stereocenters. The zero-order chi connectivity index (χ0) is 18.6. The van der Waals surface area contributed by atoms with Gasteiger partial charge < -0.3 is 15.4 Å². The van der Waals surface area contributed by atoms with Gasteiger partial charge in [0.15, 0.2) is 0 Å². The largest absolute Gasteiger partial charge is 0.494 e. The predicted molar refractivity (Wildman–Crippen MR) is 99.9 cm³/mol. The summed E-state index contributed by atoms with van der Waals surface area (Å²) in [6, 6.07) is 16.2. The zero-order valence-electron chi connectivity index (χ0n) is 15.1. The molecule has 0 heterocycles. The Morgan fingerprint density at radius 3 is 2.27 bits per heavy atom. The van der Waals surface area contributed by atoms with Gasteiger partial charge in [-0.15, -0.1) is 0 Å². The second-order valence-corrected chi connectivity index (χ2v) is 6.47. The van der Waals surface area contributed by atoms with Crippen molar-refractivity contribution in [2.45, 2.75) is 31.2 Å². The SMILES string of the molecule is CCOc1ccc(C2(C(=O)NC(C(=O)NC)c3ccccc3)CC2)cc1. The van der Waals surface area contributed by atoms with Crippen molar-refractivity contribution in [3.8, 4) is 5.75 Å². The van der Waals surface area contributed by atoms with Crippen LogP contribution < -0.4 is 15.4 Å². The molecule has 2 N–H and O–H groups in total. The van der Waals surface area contributed by atoms with E-state index >= 15 is 0 Å². The molecule has 1 aliphatic carbocycles. The van der Waals surface area contributed by atoms with Crippen LogP contribution in [0.5, 0.6) is 5.75 Å². The minimum atomic E-state index is -0.700. The van der Waals surface area contributed by atoms with Crippen molar-refractivity contribution in [2.24, 2.45) is 0 Å². The van der Waals surface area contributed by atoms with Gasteiger partial charge in [-0.25, -0.2) is 0 Å². The highest BCUT2D eigenvalue weighted by Crippen LogP contribution is 2.49. The fraction of sp³-hybridized carbons (Fsp3) is 0.333. The lowest BCUT2D eigenvalue weighted by Crippen LogP contribution is -2.43. The Kier molecular flexibility index (Phi) is 5.26. The molecule has 0 radical (unpaired) electrons. The highest BCUT2D eigenvalue weighted by atomic mass is 16.5. The van der Waals surface area contributed by atoms with E-state index in [0.29, 0.717) is 6.61 Å². The van der Waals surface area contributed by atoms with E-state index in [1.807, 2.05) is 61.5 Å². The van der Waals surface area contributed by atoms with E-state index in [1.165, 1.54) is 0 Å². The molecular weight excluding hydrogens is 328 g/mol. The topological polar surface area (TPSA) is 67.4 Å². The second-order valence-electron chi connectivity index (χ2n) is 6.47. The molecule has 5 heteroatoms. The molecule has 1 saturated carbocycles. The lowest BCUT2D eigenvalue weighted by atomic mass is 9.94. The number of hydrogen-bond acceptors (Lipinski definition) is 3. The molecule has 0 saturated heterocycles. The van der Waals surface area contributed by atoms with Crippen molar-refractivity contribution in [1.82, 2.24) is 10.6 Å². The molecule has 0 spiro atoms. The van der Waals surface area contributed by atoms with Crippen LogP contribution in [0.3, 0.4) is 0 Å². The number of nitrogens with one attached hydrogen (secondary N) is 2. The molecular formula is C21H24N2O3. The predicted octanol–water partition coefficient (Wildman–Crippen LogP) is 2.72. The Balaban J connectivity index is 1.79. The minimum Gasteiger partial charge on any atom is -0.494 e. The van der Waals surface area contributed by atoms with E-state index in [9.17, 15) is 9.59 Å². The molecule has 3 rings (SSSR count). The van der Waals surface area contributed by atoms with Crippen molar-refractivity contribution >= 4 is 11.8 Å². The molecule has 136 valence electrons. The molecule has 2 aromatic carbocycles. The van der Waals surface area contributed by atoms with Crippen molar-refractivity contribution < 1.29 is 14.3 Å². The zero-order valence-corrected chi connectivity index (χ0v) is 15.1. The van der Waals surface area contributed by atoms with Gasteiger partial charge in [0, 0.05) is 7.05 Å². The maximum Gasteiger partial charge on any atom is 0.246 e. The van der Waals surface area contributed by atoms with Crippen LogP contribution in [0, 0.1) is 0 Å². The van der Waals surface area contributed by atoms with Gasteiger partial charge >= 0.3 is 0 Å². The van der Waals surface area contributed by atoms with Crippen LogP contribution in [0.25, 0.3) is 0 Å². The highest BCUT2D eigenvalue weighted by Gasteiger charge is 2.52. The molecule has 5 nitrogen and oxygen atoms in total. The Morgan fingerprint density at radius 2 is 1.73 bits per heavy atom. The number of amides is 2. The minimum absolute atomic E-state index is 0.112. The van der Waals surface area contributed by atoms with Gasteiger partial charge in [0.2, 0.25) is 11.8 Å². The summed E-state index contributed by atoms with van der Waals surface area (Å²) in [7, 11) is 1.57. The number of benzene rings is 2. The lowest BCUT2D eigenvalue weighted by Gasteiger charge is -2.22. The summed E-state index contributed by atoms with van der Waals surface area (Å²) in [4.78, 5) is 25.3. The van der Waals surface area contributed by atoms with Gasteiger partial charge in [-0.1, -0.05) is 42.5 Å². The first-order valence-corrected chi connectivity index (χ1v) is 8.91. The van der Waals surface area contributed by atoms with Crippen LogP contribution in [0.1, 0.15) is 36.9 Å². The molecule has 0 aliphatic heterocycles. The normalized spacial score (nSPS) is 15.6. The van der Waals surface area contributed by atoms with Crippen LogP contribution in [0.15, 0.2) is 54.6 Å². The van der Waals surface area contributed by atoms with Crippen LogP contribution >= 0.6 is 0 Å². The van der Waals surface area contributed by atoms with Crippen molar-refractivity contribution in [2.75, 3.05) is 13.7 Å². The van der Waals surface area contributed by atoms with Crippen LogP contribution in [0.4, 0.5) is 0 Å². The number of hydrogen-bond donors (Lipinski definition) is 2. The van der Waals surface area contributed by atoms with Crippen LogP contribution in [-0.2, 0) is 15.0 Å². The van der Waals surface area contributed by atoms with Gasteiger partial charge in [-0.3, -0.25) is 9.59 Å². The molecule has 1 aliphatic rings. The molecule has 0 aromatic heterocycles. The first-order valence-electron chi connectivity index (χ1n) is 8.91. The van der Waals surface area contributed by atoms with E-state index in [0.717, 1.165) is 29.7 Å². The van der Waals surface area contributed by atoms with Gasteiger partial charge in [0.1, 0.15) is 11.8 Å². The van der Waals surface area contributed by atoms with Crippen molar-refractivity contribution in [3.63, 3.8) is 0 Å². The van der Waals surface area contributed by atoms with Crippen LogP contribution in [0.2, 0.25) is 0 Å². The summed E-state index contributed by atoms with van der Waals surface area (Å²) in [5, 5.41) is 5.57. The Bertz CT molecular complexity index is 768. The lowest BCUT2D eigenvalue weighted by molar-refractivity contribution is -0.130. The average molecular weight is 352 g/mol. The molecule has 0 bridgehead atoms. The molecule has 1 fully saturated rings. The fourth-order valence-electron chi connectivity index (χ4n) is 3.17. The number of likely N-dealkylation sites (N-methyl/N-ethyl adjacent to an activating group) is 1. The quantitative estimate of drug-likeness (QED) is 0.805. The number of ether oxygens (including phenoxy) is 1. The monoisotopic (exact) mass is 352 g/mol.